The Morgan fingerprint density at radius 2 is 1.36 bits per heavy atom. The Balaban J connectivity index is 0.00000267. The molecule has 3 aromatic rings. The summed E-state index contributed by atoms with van der Waals surface area (Å²) in [6, 6.07) is 11.7. The number of anilines is 1. The number of amides is 1. The van der Waals surface area contributed by atoms with Crippen molar-refractivity contribution in [3.63, 3.8) is 0 Å². The number of nitrogens with one attached hydrogen (secondary N) is 1. The molecule has 0 aliphatic carbocycles. The minimum absolute atomic E-state index is 0. The quantitative estimate of drug-likeness (QED) is 0.129. The van der Waals surface area contributed by atoms with Crippen LogP contribution in [0.1, 0.15) is 18.2 Å². The standard InChI is InChI=1S/C25H22N4O6S2.2K/c1-16-22(24(30)28(26-16)18-8-12-20(13-9-18)36(32)33)6-4-3-5-7-23-17(2)27-29(25(23)31)19-10-14-21(15-11-19)37(34)35;;/h3-15,26H,1-2H3,(H,32,33)(H,34,35);;/q;2*+1/p-2/b5-3?,6-4?,23-7-;;. The van der Waals surface area contributed by atoms with Crippen molar-refractivity contribution in [2.45, 2.75) is 23.6 Å². The first-order valence-electron chi connectivity index (χ1n) is 10.8. The number of allylic oxidation sites excluding steroid dienone is 4. The molecule has 190 valence electrons. The van der Waals surface area contributed by atoms with Crippen molar-refractivity contribution < 1.29 is 125 Å². The summed E-state index contributed by atoms with van der Waals surface area (Å²) in [6.45, 7) is 3.44. The molecule has 0 bridgehead atoms. The first-order chi connectivity index (χ1) is 17.7. The second-order valence-electron chi connectivity index (χ2n) is 7.87. The summed E-state index contributed by atoms with van der Waals surface area (Å²) < 4.78 is 45.5. The van der Waals surface area contributed by atoms with E-state index < -0.39 is 22.2 Å². The molecule has 2 unspecified atom stereocenters. The van der Waals surface area contributed by atoms with E-state index in [-0.39, 0.29) is 124 Å². The SMILES string of the molecule is CC1=NN(c2ccc(S(=O)[O-])cc2)C(=O)/C1=C\C=CC=Cc1c(C)[nH]n(-c2ccc(S(=O)[O-])cc2)c1=O.[K+].[K+]. The van der Waals surface area contributed by atoms with Crippen LogP contribution in [0.3, 0.4) is 0 Å². The number of hydrogen-bond donors (Lipinski definition) is 1. The molecule has 14 heteroatoms. The van der Waals surface area contributed by atoms with Crippen molar-refractivity contribution in [3.8, 4) is 5.69 Å². The van der Waals surface area contributed by atoms with E-state index in [1.807, 2.05) is 0 Å². The van der Waals surface area contributed by atoms with Crippen LogP contribution in [0.25, 0.3) is 11.8 Å². The molecule has 1 N–H and O–H groups in total. The van der Waals surface area contributed by atoms with Gasteiger partial charge in [-0.3, -0.25) is 23.1 Å². The van der Waals surface area contributed by atoms with E-state index in [4.69, 9.17) is 0 Å². The van der Waals surface area contributed by atoms with Crippen LogP contribution in [0.15, 0.2) is 98.1 Å². The number of aryl methyl sites for hydroxylation is 1. The Bertz CT molecular complexity index is 1590. The Kier molecular flexibility index (Phi) is 13.7. The van der Waals surface area contributed by atoms with Crippen molar-refractivity contribution in [2.24, 2.45) is 5.10 Å². The number of nitrogens with zero attached hydrogens (tertiary/aromatic N) is 3. The molecule has 39 heavy (non-hydrogen) atoms. The molecule has 2 aromatic carbocycles. The third-order valence-electron chi connectivity index (χ3n) is 5.49. The number of rotatable bonds is 7. The number of aromatic nitrogens is 2. The van der Waals surface area contributed by atoms with E-state index in [0.29, 0.717) is 33.9 Å². The van der Waals surface area contributed by atoms with Crippen LogP contribution in [-0.4, -0.2) is 38.9 Å². The predicted octanol–water partition coefficient (Wildman–Crippen LogP) is -3.12. The fourth-order valence-corrected chi connectivity index (χ4v) is 4.31. The second-order valence-corrected chi connectivity index (χ2v) is 9.76. The third-order valence-corrected chi connectivity index (χ3v) is 6.80. The number of H-pyrrole nitrogens is 1. The largest absolute Gasteiger partial charge is 1.00 e. The molecular formula is C25H20K2N4O6S2. The monoisotopic (exact) mass is 614 g/mol. The summed E-state index contributed by atoms with van der Waals surface area (Å²) in [7, 11) is 0. The third kappa shape index (κ3) is 8.20. The zero-order valence-electron chi connectivity index (χ0n) is 21.6. The van der Waals surface area contributed by atoms with Crippen LogP contribution in [0, 0.1) is 6.92 Å². The van der Waals surface area contributed by atoms with Crippen LogP contribution >= 0.6 is 0 Å². The molecule has 4 rings (SSSR count). The first-order valence-corrected chi connectivity index (χ1v) is 13.0. The first kappa shape index (κ1) is 34.5. The molecule has 0 fully saturated rings. The molecule has 2 heterocycles. The molecule has 2 atom stereocenters. The average Bonchev–Trinajstić information content (AvgIpc) is 3.33. The van der Waals surface area contributed by atoms with Crippen LogP contribution in [0.5, 0.6) is 0 Å². The van der Waals surface area contributed by atoms with Gasteiger partial charge < -0.3 is 9.11 Å². The summed E-state index contributed by atoms with van der Waals surface area (Å²) in [4.78, 5) is 25.8. The van der Waals surface area contributed by atoms with Gasteiger partial charge in [-0.25, -0.2) is 4.68 Å². The Labute approximate surface area is 314 Å². The number of benzene rings is 2. The van der Waals surface area contributed by atoms with Crippen LogP contribution in [0.2, 0.25) is 0 Å². The van der Waals surface area contributed by atoms with Crippen molar-refractivity contribution in [3.05, 3.63) is 100 Å². The smallest absolute Gasteiger partial charge is 0.768 e. The minimum atomic E-state index is -2.36. The van der Waals surface area contributed by atoms with Crippen molar-refractivity contribution in [2.75, 3.05) is 5.01 Å². The normalized spacial score (nSPS) is 15.9. The maximum Gasteiger partial charge on any atom is 1.00 e. The van der Waals surface area contributed by atoms with Gasteiger partial charge in [-0.05, 0) is 96.7 Å². The minimum Gasteiger partial charge on any atom is -0.768 e. The van der Waals surface area contributed by atoms with Gasteiger partial charge in [-0.1, -0.05) is 18.2 Å². The number of carbonyl (C=O) groups excluding carboxylic acids is 1. The molecule has 1 amide bonds. The summed E-state index contributed by atoms with van der Waals surface area (Å²) in [5.41, 5.74) is 2.58. The van der Waals surface area contributed by atoms with Crippen LogP contribution < -0.4 is 113 Å². The number of hydrogen-bond acceptors (Lipinski definition) is 7. The van der Waals surface area contributed by atoms with E-state index in [0.717, 1.165) is 0 Å². The number of aromatic amines is 1. The van der Waals surface area contributed by atoms with Gasteiger partial charge in [0.25, 0.3) is 11.5 Å². The van der Waals surface area contributed by atoms with Gasteiger partial charge in [0.15, 0.2) is 0 Å². The van der Waals surface area contributed by atoms with Gasteiger partial charge in [-0.2, -0.15) is 10.1 Å². The summed E-state index contributed by atoms with van der Waals surface area (Å²) in [5.74, 6) is -0.349. The molecule has 10 nitrogen and oxygen atoms in total. The van der Waals surface area contributed by atoms with Crippen LogP contribution in [-0.2, 0) is 27.0 Å². The van der Waals surface area contributed by atoms with E-state index in [2.05, 4.69) is 10.2 Å². The van der Waals surface area contributed by atoms with Gasteiger partial charge >= 0.3 is 103 Å². The maximum absolute atomic E-state index is 12.8. The summed E-state index contributed by atoms with van der Waals surface area (Å²) >= 11 is -4.70. The molecule has 0 radical (unpaired) electrons. The molecular weight excluding hydrogens is 595 g/mol. The average molecular weight is 615 g/mol. The number of carbonyl (C=O) groups is 1. The summed E-state index contributed by atoms with van der Waals surface area (Å²) in [6.07, 6.45) is 8.22. The van der Waals surface area contributed by atoms with Gasteiger partial charge in [0, 0.05) is 15.5 Å². The zero-order chi connectivity index (χ0) is 26.7. The van der Waals surface area contributed by atoms with E-state index in [1.54, 1.807) is 44.2 Å². The number of hydrazone groups is 1. The van der Waals surface area contributed by atoms with Crippen molar-refractivity contribution >= 4 is 45.5 Å². The predicted molar refractivity (Wildman–Crippen MR) is 139 cm³/mol. The molecule has 0 saturated heterocycles. The molecule has 0 spiro atoms. The van der Waals surface area contributed by atoms with Crippen molar-refractivity contribution in [1.29, 1.82) is 0 Å². The maximum atomic E-state index is 12.8. The fourth-order valence-electron chi connectivity index (χ4n) is 3.60. The Hall–Kier alpha value is -0.697. The van der Waals surface area contributed by atoms with Gasteiger partial charge in [0.2, 0.25) is 0 Å². The van der Waals surface area contributed by atoms with E-state index in [9.17, 15) is 27.1 Å². The molecule has 1 aromatic heterocycles. The van der Waals surface area contributed by atoms with Gasteiger partial charge in [0.1, 0.15) is 0 Å². The van der Waals surface area contributed by atoms with Gasteiger partial charge in [-0.15, -0.1) is 0 Å². The topological polar surface area (TPSA) is 151 Å². The molecule has 1 aliphatic heterocycles. The van der Waals surface area contributed by atoms with Gasteiger partial charge in [0.05, 0.1) is 28.2 Å². The molecule has 0 saturated carbocycles. The fraction of sp³-hybridized carbons (Fsp3) is 0.0800. The zero-order valence-corrected chi connectivity index (χ0v) is 29.5. The Morgan fingerprint density at radius 1 is 0.821 bits per heavy atom. The molecule has 1 aliphatic rings. The van der Waals surface area contributed by atoms with Crippen LogP contribution in [0.4, 0.5) is 5.69 Å². The second kappa shape index (κ2) is 15.5. The van der Waals surface area contributed by atoms with E-state index in [1.165, 1.54) is 58.2 Å². The summed E-state index contributed by atoms with van der Waals surface area (Å²) in [5, 5.41) is 8.43. The van der Waals surface area contributed by atoms with E-state index >= 15 is 0 Å². The van der Waals surface area contributed by atoms with Crippen molar-refractivity contribution in [1.82, 2.24) is 9.78 Å². The Morgan fingerprint density at radius 3 is 1.90 bits per heavy atom.